The van der Waals surface area contributed by atoms with Crippen molar-refractivity contribution in [2.75, 3.05) is 17.6 Å². The van der Waals surface area contributed by atoms with Gasteiger partial charge in [0.05, 0.1) is 17.9 Å². The number of thioether (sulfide) groups is 1. The Bertz CT molecular complexity index is 1120. The molecule has 0 aliphatic carbocycles. The fourth-order valence-corrected chi connectivity index (χ4v) is 4.28. The lowest BCUT2D eigenvalue weighted by atomic mass is 10.00. The van der Waals surface area contributed by atoms with Crippen LogP contribution in [-0.4, -0.2) is 43.8 Å². The Morgan fingerprint density at radius 2 is 1.84 bits per heavy atom. The quantitative estimate of drug-likeness (QED) is 0.598. The average Bonchev–Trinajstić information content (AvgIpc) is 3.12. The molecule has 0 saturated carbocycles. The van der Waals surface area contributed by atoms with Crippen molar-refractivity contribution in [1.82, 2.24) is 19.7 Å². The van der Waals surface area contributed by atoms with Gasteiger partial charge in [0, 0.05) is 20.1 Å². The molecule has 0 bridgehead atoms. The Morgan fingerprint density at radius 3 is 2.65 bits per heavy atom. The van der Waals surface area contributed by atoms with Gasteiger partial charge in [0.15, 0.2) is 5.16 Å². The highest BCUT2D eigenvalue weighted by molar-refractivity contribution is 7.99. The number of amides is 2. The van der Waals surface area contributed by atoms with E-state index >= 15 is 0 Å². The first kappa shape index (κ1) is 21.0. The molecule has 0 atom stereocenters. The zero-order chi connectivity index (χ0) is 21.8. The zero-order valence-electron chi connectivity index (χ0n) is 17.0. The number of benzene rings is 2. The van der Waals surface area contributed by atoms with Crippen molar-refractivity contribution >= 4 is 29.3 Å². The smallest absolute Gasteiger partial charge is 0.233 e. The molecule has 3 aromatic rings. The van der Waals surface area contributed by atoms with Crippen LogP contribution in [0, 0.1) is 5.82 Å². The molecule has 9 heteroatoms. The molecule has 2 aromatic carbocycles. The number of aromatic nitrogens is 3. The number of nitrogens with one attached hydrogen (secondary N) is 1. The Hall–Kier alpha value is -3.20. The average molecular weight is 440 g/mol. The van der Waals surface area contributed by atoms with Crippen LogP contribution in [0.4, 0.5) is 10.1 Å². The van der Waals surface area contributed by atoms with Crippen LogP contribution in [0.15, 0.2) is 53.7 Å². The Labute approximate surface area is 183 Å². The first-order valence-electron chi connectivity index (χ1n) is 9.91. The number of carbonyl (C=O) groups is 2. The largest absolute Gasteiger partial charge is 0.337 e. The number of hydrogen-bond acceptors (Lipinski definition) is 5. The van der Waals surface area contributed by atoms with Gasteiger partial charge in [-0.1, -0.05) is 48.2 Å². The van der Waals surface area contributed by atoms with Crippen molar-refractivity contribution in [2.45, 2.75) is 24.5 Å². The monoisotopic (exact) mass is 439 g/mol. The van der Waals surface area contributed by atoms with E-state index in [1.165, 1.54) is 35.0 Å². The molecule has 1 N–H and O–H groups in total. The summed E-state index contributed by atoms with van der Waals surface area (Å²) in [7, 11) is 1.75. The van der Waals surface area contributed by atoms with E-state index in [4.69, 9.17) is 0 Å². The molecule has 2 amide bonds. The Balaban J connectivity index is 1.32. The molecule has 0 saturated heterocycles. The molecule has 0 fully saturated rings. The summed E-state index contributed by atoms with van der Waals surface area (Å²) >= 11 is 1.29. The number of para-hydroxylation sites is 1. The maximum atomic E-state index is 13.7. The van der Waals surface area contributed by atoms with Gasteiger partial charge < -0.3 is 14.8 Å². The summed E-state index contributed by atoms with van der Waals surface area (Å²) in [5.41, 5.74) is 2.61. The molecule has 1 aliphatic rings. The molecular formula is C22H22FN5O2S. The van der Waals surface area contributed by atoms with Gasteiger partial charge in [0.25, 0.3) is 0 Å². The van der Waals surface area contributed by atoms with E-state index in [0.717, 1.165) is 6.42 Å². The number of anilines is 1. The summed E-state index contributed by atoms with van der Waals surface area (Å²) in [6.07, 6.45) is 0.813. The van der Waals surface area contributed by atoms with Crippen LogP contribution in [-0.2, 0) is 36.0 Å². The van der Waals surface area contributed by atoms with Crippen molar-refractivity contribution in [2.24, 2.45) is 7.05 Å². The Kier molecular flexibility index (Phi) is 6.31. The van der Waals surface area contributed by atoms with Gasteiger partial charge in [-0.25, -0.2) is 4.39 Å². The molecule has 7 nitrogen and oxygen atoms in total. The summed E-state index contributed by atoms with van der Waals surface area (Å²) < 4.78 is 15.4. The third kappa shape index (κ3) is 4.93. The topological polar surface area (TPSA) is 80.1 Å². The van der Waals surface area contributed by atoms with E-state index in [1.807, 2.05) is 17.0 Å². The molecule has 0 unspecified atom stereocenters. The standard InChI is InChI=1S/C22H22FN5O2S/c1-27-19(12-20(29)24-18-9-5-4-8-17(18)23)25-26-22(27)31-14-21(30)28-11-10-15-6-2-3-7-16(15)13-28/h2-9H,10-14H2,1H3,(H,24,29). The molecule has 1 aliphatic heterocycles. The maximum absolute atomic E-state index is 13.7. The van der Waals surface area contributed by atoms with Crippen molar-refractivity contribution < 1.29 is 14.0 Å². The summed E-state index contributed by atoms with van der Waals surface area (Å²) in [5.74, 6) is -0.156. The highest BCUT2D eigenvalue weighted by Crippen LogP contribution is 2.21. The number of rotatable bonds is 6. The van der Waals surface area contributed by atoms with Crippen molar-refractivity contribution in [3.05, 3.63) is 71.3 Å². The van der Waals surface area contributed by atoms with Crippen LogP contribution >= 0.6 is 11.8 Å². The summed E-state index contributed by atoms with van der Waals surface area (Å²) in [6, 6.07) is 14.2. The Morgan fingerprint density at radius 1 is 1.10 bits per heavy atom. The normalized spacial score (nSPS) is 13.0. The molecule has 2 heterocycles. The van der Waals surface area contributed by atoms with E-state index in [9.17, 15) is 14.0 Å². The van der Waals surface area contributed by atoms with E-state index in [1.54, 1.807) is 23.7 Å². The van der Waals surface area contributed by atoms with Crippen molar-refractivity contribution in [3.8, 4) is 0 Å². The van der Waals surface area contributed by atoms with Crippen LogP contribution in [0.5, 0.6) is 0 Å². The van der Waals surface area contributed by atoms with Crippen LogP contribution in [0.2, 0.25) is 0 Å². The number of nitrogens with zero attached hydrogens (tertiary/aromatic N) is 4. The summed E-state index contributed by atoms with van der Waals surface area (Å²) in [4.78, 5) is 26.8. The second-order valence-electron chi connectivity index (χ2n) is 7.29. The second-order valence-corrected chi connectivity index (χ2v) is 8.23. The third-order valence-electron chi connectivity index (χ3n) is 5.20. The van der Waals surface area contributed by atoms with E-state index in [2.05, 4.69) is 27.6 Å². The fraction of sp³-hybridized carbons (Fsp3) is 0.273. The molecule has 4 rings (SSSR count). The lowest BCUT2D eigenvalue weighted by Gasteiger charge is -2.28. The minimum atomic E-state index is -0.496. The lowest BCUT2D eigenvalue weighted by Crippen LogP contribution is -2.37. The molecule has 31 heavy (non-hydrogen) atoms. The predicted octanol–water partition coefficient (Wildman–Crippen LogP) is 2.81. The van der Waals surface area contributed by atoms with Gasteiger partial charge in [0.1, 0.15) is 11.6 Å². The van der Waals surface area contributed by atoms with Gasteiger partial charge in [-0.05, 0) is 29.7 Å². The summed E-state index contributed by atoms with van der Waals surface area (Å²) in [5, 5.41) is 11.2. The van der Waals surface area contributed by atoms with E-state index in [-0.39, 0.29) is 29.7 Å². The first-order chi connectivity index (χ1) is 15.0. The van der Waals surface area contributed by atoms with Gasteiger partial charge >= 0.3 is 0 Å². The SMILES string of the molecule is Cn1c(CC(=O)Nc2ccccc2F)nnc1SCC(=O)N1CCc2ccccc2C1. The highest BCUT2D eigenvalue weighted by Gasteiger charge is 2.21. The van der Waals surface area contributed by atoms with Crippen LogP contribution in [0.25, 0.3) is 0 Å². The lowest BCUT2D eigenvalue weighted by molar-refractivity contribution is -0.129. The van der Waals surface area contributed by atoms with Gasteiger partial charge in [0.2, 0.25) is 11.8 Å². The molecular weight excluding hydrogens is 417 g/mol. The minimum Gasteiger partial charge on any atom is -0.337 e. The number of carbonyl (C=O) groups excluding carboxylic acids is 2. The van der Waals surface area contributed by atoms with Crippen molar-refractivity contribution in [1.29, 1.82) is 0 Å². The molecule has 0 radical (unpaired) electrons. The van der Waals surface area contributed by atoms with Crippen LogP contribution in [0.1, 0.15) is 17.0 Å². The predicted molar refractivity (Wildman–Crippen MR) is 116 cm³/mol. The van der Waals surface area contributed by atoms with E-state index in [0.29, 0.717) is 24.1 Å². The highest BCUT2D eigenvalue weighted by atomic mass is 32.2. The maximum Gasteiger partial charge on any atom is 0.233 e. The number of hydrogen-bond donors (Lipinski definition) is 1. The molecule has 160 valence electrons. The van der Waals surface area contributed by atoms with Gasteiger partial charge in [-0.2, -0.15) is 0 Å². The first-order valence-corrected chi connectivity index (χ1v) is 10.9. The third-order valence-corrected chi connectivity index (χ3v) is 6.20. The summed E-state index contributed by atoms with van der Waals surface area (Å²) in [6.45, 7) is 1.33. The van der Waals surface area contributed by atoms with Gasteiger partial charge in [-0.3, -0.25) is 9.59 Å². The molecule has 0 spiro atoms. The number of halogens is 1. The van der Waals surface area contributed by atoms with Crippen molar-refractivity contribution in [3.63, 3.8) is 0 Å². The van der Waals surface area contributed by atoms with Gasteiger partial charge in [-0.15, -0.1) is 10.2 Å². The van der Waals surface area contributed by atoms with Crippen LogP contribution < -0.4 is 5.32 Å². The molecule has 1 aromatic heterocycles. The zero-order valence-corrected chi connectivity index (χ0v) is 17.9. The fourth-order valence-electron chi connectivity index (χ4n) is 3.45. The van der Waals surface area contributed by atoms with E-state index < -0.39 is 5.82 Å². The second kappa shape index (κ2) is 9.30. The minimum absolute atomic E-state index is 0.0429. The van der Waals surface area contributed by atoms with Crippen LogP contribution in [0.3, 0.4) is 0 Å². The number of fused-ring (bicyclic) bond motifs is 1.